The first-order valence-corrected chi connectivity index (χ1v) is 7.78. The van der Waals surface area contributed by atoms with Gasteiger partial charge in [0.1, 0.15) is 5.76 Å². The van der Waals surface area contributed by atoms with E-state index < -0.39 is 10.0 Å². The summed E-state index contributed by atoms with van der Waals surface area (Å²) in [6.45, 7) is 6.55. The summed E-state index contributed by atoms with van der Waals surface area (Å²) in [6, 6.07) is 3.64. The topological polar surface area (TPSA) is 74.6 Å². The third-order valence-electron chi connectivity index (χ3n) is 2.99. The molecule has 1 aromatic heterocycles. The molecule has 0 saturated carbocycles. The lowest BCUT2D eigenvalue weighted by Gasteiger charge is -2.20. The van der Waals surface area contributed by atoms with Gasteiger partial charge in [-0.3, -0.25) is 0 Å². The van der Waals surface area contributed by atoms with Crippen molar-refractivity contribution in [2.75, 3.05) is 27.2 Å². The molecular weight excluding hydrogens is 266 g/mol. The van der Waals surface area contributed by atoms with E-state index in [0.29, 0.717) is 18.3 Å². The Hall–Kier alpha value is -0.890. The number of sulfonamides is 1. The van der Waals surface area contributed by atoms with Gasteiger partial charge in [-0.05, 0) is 40.1 Å². The van der Waals surface area contributed by atoms with Gasteiger partial charge in [0.15, 0.2) is 0 Å². The van der Waals surface area contributed by atoms with E-state index in [2.05, 4.69) is 35.8 Å². The van der Waals surface area contributed by atoms with Gasteiger partial charge < -0.3 is 14.6 Å². The Kier molecular flexibility index (Phi) is 5.99. The second-order valence-electron chi connectivity index (χ2n) is 4.68. The number of hydrogen-bond donors (Lipinski definition) is 2. The Bertz CT molecular complexity index is 482. The number of hydrogen-bond acceptors (Lipinski definition) is 5. The van der Waals surface area contributed by atoms with Gasteiger partial charge in [0.2, 0.25) is 5.09 Å². The predicted molar refractivity (Wildman–Crippen MR) is 74.4 cm³/mol. The van der Waals surface area contributed by atoms with E-state index in [1.807, 2.05) is 0 Å². The van der Waals surface area contributed by atoms with E-state index in [0.717, 1.165) is 13.1 Å². The highest BCUT2D eigenvalue weighted by Gasteiger charge is 2.15. The first-order chi connectivity index (χ1) is 8.86. The highest BCUT2D eigenvalue weighted by atomic mass is 32.2. The lowest BCUT2D eigenvalue weighted by molar-refractivity contribution is 0.271. The molecular formula is C12H23N3O3S. The fourth-order valence-corrected chi connectivity index (χ4v) is 2.09. The van der Waals surface area contributed by atoms with E-state index in [-0.39, 0.29) is 5.09 Å². The zero-order valence-corrected chi connectivity index (χ0v) is 12.8. The van der Waals surface area contributed by atoms with Gasteiger partial charge in [0, 0.05) is 19.1 Å². The molecule has 0 aliphatic rings. The summed E-state index contributed by atoms with van der Waals surface area (Å²) in [5.74, 6) is 0.612. The maximum atomic E-state index is 11.5. The highest BCUT2D eigenvalue weighted by molar-refractivity contribution is 7.89. The zero-order chi connectivity index (χ0) is 14.5. The molecule has 0 aliphatic carbocycles. The average Bonchev–Trinajstić information content (AvgIpc) is 2.83. The molecule has 0 saturated heterocycles. The van der Waals surface area contributed by atoms with Crippen LogP contribution < -0.4 is 10.0 Å². The van der Waals surface area contributed by atoms with Gasteiger partial charge in [-0.25, -0.2) is 13.1 Å². The molecule has 2 N–H and O–H groups in total. The van der Waals surface area contributed by atoms with Gasteiger partial charge in [-0.15, -0.1) is 0 Å². The zero-order valence-electron chi connectivity index (χ0n) is 11.9. The quantitative estimate of drug-likeness (QED) is 0.686. The molecule has 1 rings (SSSR count). The van der Waals surface area contributed by atoms with Gasteiger partial charge in [0.05, 0.1) is 6.54 Å². The van der Waals surface area contributed by atoms with E-state index in [1.165, 1.54) is 13.1 Å². The summed E-state index contributed by atoms with van der Waals surface area (Å²) in [6.07, 6.45) is 0. The standard InChI is InChI=1S/C12H23N3O3S/c1-10(2)15(4)8-7-14-9-11-5-6-12(18-11)19(16,17)13-3/h5-6,10,13-14H,7-9H2,1-4H3. The van der Waals surface area contributed by atoms with E-state index >= 15 is 0 Å². The van der Waals surface area contributed by atoms with Crippen LogP contribution >= 0.6 is 0 Å². The highest BCUT2D eigenvalue weighted by Crippen LogP contribution is 2.12. The molecule has 0 aromatic carbocycles. The van der Waals surface area contributed by atoms with Crippen molar-refractivity contribution >= 4 is 10.0 Å². The normalized spacial score (nSPS) is 12.5. The summed E-state index contributed by atoms with van der Waals surface area (Å²) >= 11 is 0. The number of furan rings is 1. The minimum absolute atomic E-state index is 0.0499. The average molecular weight is 289 g/mol. The van der Waals surface area contributed by atoms with Gasteiger partial charge in [-0.2, -0.15) is 0 Å². The summed E-state index contributed by atoms with van der Waals surface area (Å²) in [5, 5.41) is 3.17. The van der Waals surface area contributed by atoms with Gasteiger partial charge >= 0.3 is 0 Å². The van der Waals surface area contributed by atoms with Crippen LogP contribution in [0.2, 0.25) is 0 Å². The molecule has 19 heavy (non-hydrogen) atoms. The molecule has 1 heterocycles. The first-order valence-electron chi connectivity index (χ1n) is 6.30. The van der Waals surface area contributed by atoms with Crippen molar-refractivity contribution in [3.63, 3.8) is 0 Å². The number of likely N-dealkylation sites (N-methyl/N-ethyl adjacent to an activating group) is 1. The summed E-state index contributed by atoms with van der Waals surface area (Å²) < 4.78 is 30.4. The van der Waals surface area contributed by atoms with E-state index in [9.17, 15) is 8.42 Å². The molecule has 0 unspecified atom stereocenters. The first kappa shape index (κ1) is 16.2. The van der Waals surface area contributed by atoms with Crippen LogP contribution in [0.25, 0.3) is 0 Å². The summed E-state index contributed by atoms with van der Waals surface area (Å²) in [7, 11) is -0.0603. The maximum Gasteiger partial charge on any atom is 0.273 e. The van der Waals surface area contributed by atoms with Crippen LogP contribution in [0.4, 0.5) is 0 Å². The minimum atomic E-state index is -3.49. The Morgan fingerprint density at radius 3 is 2.63 bits per heavy atom. The van der Waals surface area contributed by atoms with Crippen LogP contribution in [0.15, 0.2) is 21.6 Å². The monoisotopic (exact) mass is 289 g/mol. The van der Waals surface area contributed by atoms with Crippen LogP contribution in [0.3, 0.4) is 0 Å². The molecule has 110 valence electrons. The Morgan fingerprint density at radius 2 is 2.05 bits per heavy atom. The second-order valence-corrected chi connectivity index (χ2v) is 6.50. The van der Waals surface area contributed by atoms with Crippen molar-refractivity contribution in [2.45, 2.75) is 31.5 Å². The SMILES string of the molecule is CNS(=O)(=O)c1ccc(CNCCN(C)C(C)C)o1. The second kappa shape index (κ2) is 7.04. The molecule has 0 atom stereocenters. The van der Waals surface area contributed by atoms with Crippen molar-refractivity contribution in [1.29, 1.82) is 0 Å². The molecule has 0 amide bonds. The molecule has 0 aliphatic heterocycles. The molecule has 0 bridgehead atoms. The fraction of sp³-hybridized carbons (Fsp3) is 0.667. The van der Waals surface area contributed by atoms with Crippen LogP contribution in [0, 0.1) is 0 Å². The maximum absolute atomic E-state index is 11.5. The Morgan fingerprint density at radius 1 is 1.37 bits per heavy atom. The number of nitrogens with zero attached hydrogens (tertiary/aromatic N) is 1. The smallest absolute Gasteiger partial charge is 0.273 e. The predicted octanol–water partition coefficient (Wildman–Crippen LogP) is 0.618. The van der Waals surface area contributed by atoms with Crippen LogP contribution in [-0.4, -0.2) is 46.5 Å². The molecule has 0 spiro atoms. The van der Waals surface area contributed by atoms with Crippen LogP contribution in [-0.2, 0) is 16.6 Å². The van der Waals surface area contributed by atoms with Crippen molar-refractivity contribution in [3.05, 3.63) is 17.9 Å². The van der Waals surface area contributed by atoms with Gasteiger partial charge in [0.25, 0.3) is 10.0 Å². The lowest BCUT2D eigenvalue weighted by Crippen LogP contribution is -2.33. The van der Waals surface area contributed by atoms with E-state index in [1.54, 1.807) is 6.07 Å². The van der Waals surface area contributed by atoms with Crippen LogP contribution in [0.1, 0.15) is 19.6 Å². The summed E-state index contributed by atoms with van der Waals surface area (Å²) in [5.41, 5.74) is 0. The van der Waals surface area contributed by atoms with Crippen molar-refractivity contribution in [1.82, 2.24) is 14.9 Å². The lowest BCUT2D eigenvalue weighted by atomic mass is 10.3. The molecule has 6 nitrogen and oxygen atoms in total. The van der Waals surface area contributed by atoms with Crippen molar-refractivity contribution in [3.8, 4) is 0 Å². The molecule has 7 heteroatoms. The van der Waals surface area contributed by atoms with Crippen molar-refractivity contribution in [2.24, 2.45) is 0 Å². The number of nitrogens with one attached hydrogen (secondary N) is 2. The van der Waals surface area contributed by atoms with E-state index in [4.69, 9.17) is 4.42 Å². The Balaban J connectivity index is 2.39. The van der Waals surface area contributed by atoms with Crippen molar-refractivity contribution < 1.29 is 12.8 Å². The summed E-state index contributed by atoms with van der Waals surface area (Å²) in [4.78, 5) is 2.23. The van der Waals surface area contributed by atoms with Crippen LogP contribution in [0.5, 0.6) is 0 Å². The molecule has 1 aromatic rings. The third-order valence-corrected chi connectivity index (χ3v) is 4.28. The third kappa shape index (κ3) is 4.94. The fourth-order valence-electron chi connectivity index (χ4n) is 1.42. The number of rotatable bonds is 8. The largest absolute Gasteiger partial charge is 0.447 e. The minimum Gasteiger partial charge on any atom is -0.447 e. The molecule has 0 fully saturated rings. The van der Waals surface area contributed by atoms with Gasteiger partial charge in [-0.1, -0.05) is 0 Å². The Labute approximate surface area is 115 Å². The molecule has 0 radical (unpaired) electrons.